The molecule has 0 radical (unpaired) electrons. The third-order valence-electron chi connectivity index (χ3n) is 8.91. The van der Waals surface area contributed by atoms with E-state index in [1.165, 1.54) is 13.2 Å². The highest BCUT2D eigenvalue weighted by Gasteiger charge is 2.71. The summed E-state index contributed by atoms with van der Waals surface area (Å²) in [5.74, 6) is -8.12. The Labute approximate surface area is 256 Å². The molecule has 2 bridgehead atoms. The van der Waals surface area contributed by atoms with Crippen LogP contribution in [-0.2, 0) is 59.6 Å². The lowest BCUT2D eigenvalue weighted by molar-refractivity contribution is -0.195. The summed E-state index contributed by atoms with van der Waals surface area (Å²) in [5.41, 5.74) is -0.525. The van der Waals surface area contributed by atoms with Crippen LogP contribution in [-0.4, -0.2) is 88.3 Å². The zero-order valence-corrected chi connectivity index (χ0v) is 24.6. The summed E-state index contributed by atoms with van der Waals surface area (Å²) in [6.07, 6.45) is -4.87. The Morgan fingerprint density at radius 2 is 1.67 bits per heavy atom. The molecule has 0 unspecified atom stereocenters. The summed E-state index contributed by atoms with van der Waals surface area (Å²) in [7, 11) is 1.47. The SMILES string of the molecule is COc1ccc2c3c1O[C@H]1C(OC(=O)[C@H](OC(C)=O)[C@@H](OC(C)=O)C(=O)O[C@@H](CC(=O)O)C(=O)O)=CC[C@@]4(O)[C@H](CCC[C@]314)C2. The van der Waals surface area contributed by atoms with Gasteiger partial charge in [-0.3, -0.25) is 14.4 Å². The van der Waals surface area contributed by atoms with Gasteiger partial charge in [0.05, 0.1) is 24.5 Å². The van der Waals surface area contributed by atoms with Gasteiger partial charge in [0.2, 0.25) is 18.3 Å². The average molecular weight is 633 g/mol. The van der Waals surface area contributed by atoms with E-state index in [0.717, 1.165) is 37.8 Å². The molecule has 242 valence electrons. The first-order valence-electron chi connectivity index (χ1n) is 14.2. The molecule has 1 aromatic carbocycles. The van der Waals surface area contributed by atoms with E-state index in [4.69, 9.17) is 33.5 Å². The van der Waals surface area contributed by atoms with Gasteiger partial charge in [0.25, 0.3) is 0 Å². The molecule has 15 heteroatoms. The molecule has 4 aliphatic rings. The quantitative estimate of drug-likeness (QED) is 0.228. The van der Waals surface area contributed by atoms with Crippen LogP contribution in [0.1, 0.15) is 57.1 Å². The molecule has 1 spiro atoms. The summed E-state index contributed by atoms with van der Waals surface area (Å²) >= 11 is 0. The second kappa shape index (κ2) is 11.7. The number of methoxy groups -OCH3 is 1. The van der Waals surface area contributed by atoms with Gasteiger partial charge < -0.3 is 43.7 Å². The summed E-state index contributed by atoms with van der Waals surface area (Å²) in [6.45, 7) is 1.76. The fraction of sp³-hybridized carbons (Fsp3) is 0.533. The summed E-state index contributed by atoms with van der Waals surface area (Å²) in [6, 6.07) is 3.69. The minimum absolute atomic E-state index is 0.0576. The van der Waals surface area contributed by atoms with Gasteiger partial charge in [-0.25, -0.2) is 14.4 Å². The fourth-order valence-electron chi connectivity index (χ4n) is 7.23. The molecule has 7 atom stereocenters. The maximum absolute atomic E-state index is 13.7. The number of hydrogen-bond donors (Lipinski definition) is 3. The van der Waals surface area contributed by atoms with Gasteiger partial charge in [-0.2, -0.15) is 0 Å². The van der Waals surface area contributed by atoms with Crippen LogP contribution in [0.3, 0.4) is 0 Å². The topological polar surface area (TPSA) is 218 Å². The van der Waals surface area contributed by atoms with Crippen molar-refractivity contribution in [3.8, 4) is 11.5 Å². The molecule has 0 amide bonds. The van der Waals surface area contributed by atoms with Gasteiger partial charge in [-0.15, -0.1) is 0 Å². The van der Waals surface area contributed by atoms with Crippen LogP contribution in [0.15, 0.2) is 24.0 Å². The van der Waals surface area contributed by atoms with Crippen LogP contribution in [0, 0.1) is 5.92 Å². The molecule has 1 aromatic rings. The highest BCUT2D eigenvalue weighted by atomic mass is 16.6. The number of ether oxygens (including phenoxy) is 6. The number of benzene rings is 1. The first-order valence-corrected chi connectivity index (χ1v) is 14.2. The maximum atomic E-state index is 13.7. The molecule has 1 heterocycles. The Hall–Kier alpha value is -4.66. The zero-order chi connectivity index (χ0) is 32.8. The molecular formula is C30H32O15. The number of carbonyl (C=O) groups excluding carboxylic acids is 4. The van der Waals surface area contributed by atoms with Crippen molar-refractivity contribution in [1.29, 1.82) is 0 Å². The normalized spacial score (nSPS) is 27.2. The van der Waals surface area contributed by atoms with Crippen molar-refractivity contribution in [2.24, 2.45) is 5.92 Å². The molecule has 5 rings (SSSR count). The van der Waals surface area contributed by atoms with Crippen molar-refractivity contribution in [3.05, 3.63) is 35.1 Å². The van der Waals surface area contributed by atoms with Crippen LogP contribution in [0.25, 0.3) is 0 Å². The molecule has 0 saturated heterocycles. The monoisotopic (exact) mass is 632 g/mol. The van der Waals surface area contributed by atoms with Crippen LogP contribution in [0.2, 0.25) is 0 Å². The highest BCUT2D eigenvalue weighted by Crippen LogP contribution is 2.67. The number of rotatable bonds is 11. The minimum atomic E-state index is -2.36. The van der Waals surface area contributed by atoms with E-state index < -0.39 is 77.7 Å². The van der Waals surface area contributed by atoms with Crippen LogP contribution in [0.4, 0.5) is 0 Å². The van der Waals surface area contributed by atoms with E-state index >= 15 is 0 Å². The number of carbonyl (C=O) groups is 6. The van der Waals surface area contributed by atoms with Crippen LogP contribution < -0.4 is 9.47 Å². The second-order valence-corrected chi connectivity index (χ2v) is 11.5. The summed E-state index contributed by atoms with van der Waals surface area (Å²) in [4.78, 5) is 73.2. The fourth-order valence-corrected chi connectivity index (χ4v) is 7.23. The third-order valence-corrected chi connectivity index (χ3v) is 8.91. The van der Waals surface area contributed by atoms with Crippen LogP contribution >= 0.6 is 0 Å². The van der Waals surface area contributed by atoms with Crippen molar-refractivity contribution in [2.45, 2.75) is 87.8 Å². The Morgan fingerprint density at radius 3 is 2.27 bits per heavy atom. The molecule has 1 saturated carbocycles. The van der Waals surface area contributed by atoms with E-state index in [2.05, 4.69) is 0 Å². The molecule has 0 aromatic heterocycles. The number of esters is 4. The van der Waals surface area contributed by atoms with Gasteiger partial charge in [0.15, 0.2) is 17.6 Å². The number of hydrogen-bond acceptors (Lipinski definition) is 13. The number of aliphatic carboxylic acids is 2. The first kappa shape index (κ1) is 31.8. The van der Waals surface area contributed by atoms with E-state index in [1.807, 2.05) is 6.07 Å². The Morgan fingerprint density at radius 1 is 1.00 bits per heavy atom. The predicted octanol–water partition coefficient (Wildman–Crippen LogP) is 0.947. The van der Waals surface area contributed by atoms with Gasteiger partial charge >= 0.3 is 35.8 Å². The average Bonchev–Trinajstić information content (AvgIpc) is 3.30. The van der Waals surface area contributed by atoms with E-state index in [9.17, 15) is 39.0 Å². The standard InChI is InChI=1S/C30H32O15/c1-13(31)41-23(24(42-14(2)32)28(38)44-19(26(35)36)12-20(33)34)27(37)43-18-8-10-30(39)16-5-4-9-29(30)21-15(11-16)6-7-17(40-3)22(21)45-25(18)29/h6-8,16,19,23-25,39H,4-5,9-12H2,1-3H3,(H,33,34)(H,35,36)/t16-,19+,23-,24-,25+,29+,30-/m1/s1. The summed E-state index contributed by atoms with van der Waals surface area (Å²) < 4.78 is 32.3. The second-order valence-electron chi connectivity index (χ2n) is 11.5. The first-order chi connectivity index (χ1) is 21.2. The van der Waals surface area contributed by atoms with Crippen molar-refractivity contribution >= 4 is 35.8 Å². The van der Waals surface area contributed by atoms with Crippen molar-refractivity contribution in [3.63, 3.8) is 0 Å². The molecule has 3 N–H and O–H groups in total. The van der Waals surface area contributed by atoms with Crippen molar-refractivity contribution in [2.75, 3.05) is 7.11 Å². The van der Waals surface area contributed by atoms with Gasteiger partial charge in [0, 0.05) is 19.4 Å². The molecule has 1 aliphatic heterocycles. The largest absolute Gasteiger partial charge is 0.493 e. The Bertz CT molecular complexity index is 1500. The van der Waals surface area contributed by atoms with E-state index in [0.29, 0.717) is 24.3 Å². The minimum Gasteiger partial charge on any atom is -0.493 e. The van der Waals surface area contributed by atoms with E-state index in [1.54, 1.807) is 6.07 Å². The lowest BCUT2D eigenvalue weighted by atomic mass is 9.47. The Balaban J connectivity index is 1.49. The van der Waals surface area contributed by atoms with E-state index in [-0.39, 0.29) is 18.1 Å². The summed E-state index contributed by atoms with van der Waals surface area (Å²) in [5, 5.41) is 30.5. The lowest BCUT2D eigenvalue weighted by Crippen LogP contribution is -2.67. The smallest absolute Gasteiger partial charge is 0.357 e. The predicted molar refractivity (Wildman–Crippen MR) is 145 cm³/mol. The number of carboxylic acid groups (broad SMARTS) is 2. The third kappa shape index (κ3) is 5.24. The molecule has 3 aliphatic carbocycles. The van der Waals surface area contributed by atoms with Gasteiger partial charge in [-0.05, 0) is 49.3 Å². The molecule has 15 nitrogen and oxygen atoms in total. The van der Waals surface area contributed by atoms with Crippen molar-refractivity contribution < 1.29 is 72.5 Å². The highest BCUT2D eigenvalue weighted by molar-refractivity contribution is 5.91. The molecular weight excluding hydrogens is 600 g/mol. The zero-order valence-electron chi connectivity index (χ0n) is 24.6. The van der Waals surface area contributed by atoms with Crippen LogP contribution in [0.5, 0.6) is 11.5 Å². The Kier molecular flexibility index (Phi) is 8.25. The maximum Gasteiger partial charge on any atom is 0.357 e. The number of aliphatic hydroxyl groups is 1. The molecule has 1 fully saturated rings. The molecule has 45 heavy (non-hydrogen) atoms. The van der Waals surface area contributed by atoms with Gasteiger partial charge in [-0.1, -0.05) is 12.5 Å². The number of carboxylic acids is 2. The lowest BCUT2D eigenvalue weighted by Gasteiger charge is -2.59. The van der Waals surface area contributed by atoms with Crippen molar-refractivity contribution in [1.82, 2.24) is 0 Å². The van der Waals surface area contributed by atoms with Gasteiger partial charge in [0.1, 0.15) is 5.76 Å².